The molecule has 0 spiro atoms. The Kier molecular flexibility index (Phi) is 6.34. The molecule has 0 aliphatic heterocycles. The maximum Gasteiger partial charge on any atom is 0.169 e. The maximum atomic E-state index is 9.40. The molecule has 19 heavy (non-hydrogen) atoms. The highest BCUT2D eigenvalue weighted by molar-refractivity contribution is 5.30. The monoisotopic (exact) mass is 263 g/mol. The van der Waals surface area contributed by atoms with Gasteiger partial charge in [-0.3, -0.25) is 0 Å². The SMILES string of the molecule is CCCOc1ccc(C(C#N)OC(C)C(C)O)cc1. The van der Waals surface area contributed by atoms with Crippen LogP contribution in [0.15, 0.2) is 24.3 Å². The number of aliphatic hydroxyl groups is 1. The summed E-state index contributed by atoms with van der Waals surface area (Å²) in [6, 6.07) is 9.37. The van der Waals surface area contributed by atoms with Crippen LogP contribution >= 0.6 is 0 Å². The lowest BCUT2D eigenvalue weighted by molar-refractivity contribution is -0.0426. The third kappa shape index (κ3) is 4.90. The van der Waals surface area contributed by atoms with Gasteiger partial charge in [-0.05, 0) is 38.0 Å². The first kappa shape index (κ1) is 15.5. The summed E-state index contributed by atoms with van der Waals surface area (Å²) in [4.78, 5) is 0. The van der Waals surface area contributed by atoms with Crippen molar-refractivity contribution in [2.45, 2.75) is 45.5 Å². The zero-order valence-corrected chi connectivity index (χ0v) is 11.7. The average molecular weight is 263 g/mol. The summed E-state index contributed by atoms with van der Waals surface area (Å²) in [6.07, 6.45) is -0.717. The van der Waals surface area contributed by atoms with E-state index in [1.165, 1.54) is 0 Å². The smallest absolute Gasteiger partial charge is 0.169 e. The van der Waals surface area contributed by atoms with Gasteiger partial charge < -0.3 is 14.6 Å². The van der Waals surface area contributed by atoms with Gasteiger partial charge in [-0.1, -0.05) is 19.1 Å². The predicted molar refractivity (Wildman–Crippen MR) is 72.8 cm³/mol. The molecule has 0 saturated heterocycles. The van der Waals surface area contributed by atoms with E-state index in [0.717, 1.165) is 17.7 Å². The number of nitrogens with zero attached hydrogens (tertiary/aromatic N) is 1. The Bertz CT molecular complexity index is 408. The second-order valence-electron chi connectivity index (χ2n) is 4.51. The Morgan fingerprint density at radius 1 is 1.26 bits per heavy atom. The molecular formula is C15H21NO3. The van der Waals surface area contributed by atoms with Gasteiger partial charge in [0.05, 0.1) is 24.9 Å². The first-order chi connectivity index (χ1) is 9.08. The highest BCUT2D eigenvalue weighted by Gasteiger charge is 2.18. The molecule has 0 bridgehead atoms. The lowest BCUT2D eigenvalue weighted by atomic mass is 10.1. The molecule has 1 rings (SSSR count). The number of nitriles is 1. The molecule has 4 nitrogen and oxygen atoms in total. The van der Waals surface area contributed by atoms with Crippen LogP contribution in [0.4, 0.5) is 0 Å². The molecule has 0 fully saturated rings. The Balaban J connectivity index is 2.69. The molecule has 1 N–H and O–H groups in total. The first-order valence-electron chi connectivity index (χ1n) is 6.54. The van der Waals surface area contributed by atoms with Crippen molar-refractivity contribution < 1.29 is 14.6 Å². The molecule has 0 radical (unpaired) electrons. The Morgan fingerprint density at radius 2 is 1.89 bits per heavy atom. The first-order valence-corrected chi connectivity index (χ1v) is 6.54. The van der Waals surface area contributed by atoms with Crippen LogP contribution in [0.3, 0.4) is 0 Å². The van der Waals surface area contributed by atoms with Crippen molar-refractivity contribution in [1.82, 2.24) is 0 Å². The van der Waals surface area contributed by atoms with Crippen LogP contribution in [0.25, 0.3) is 0 Å². The summed E-state index contributed by atoms with van der Waals surface area (Å²) < 4.78 is 11.0. The summed E-state index contributed by atoms with van der Waals surface area (Å²) in [5.74, 6) is 0.783. The zero-order valence-electron chi connectivity index (χ0n) is 11.7. The van der Waals surface area contributed by atoms with E-state index in [2.05, 4.69) is 6.07 Å². The van der Waals surface area contributed by atoms with Crippen molar-refractivity contribution in [2.24, 2.45) is 0 Å². The van der Waals surface area contributed by atoms with Crippen LogP contribution < -0.4 is 4.74 Å². The Hall–Kier alpha value is -1.57. The molecule has 0 aromatic heterocycles. The molecular weight excluding hydrogens is 242 g/mol. The van der Waals surface area contributed by atoms with Crippen LogP contribution in [0.1, 0.15) is 38.9 Å². The van der Waals surface area contributed by atoms with Gasteiger partial charge >= 0.3 is 0 Å². The zero-order chi connectivity index (χ0) is 14.3. The van der Waals surface area contributed by atoms with E-state index in [1.54, 1.807) is 13.8 Å². The highest BCUT2D eigenvalue weighted by atomic mass is 16.5. The van der Waals surface area contributed by atoms with Gasteiger partial charge in [0.2, 0.25) is 0 Å². The summed E-state index contributed by atoms with van der Waals surface area (Å²) in [5.41, 5.74) is 0.763. The standard InChI is InChI=1S/C15H21NO3/c1-4-9-18-14-7-5-13(6-8-14)15(10-16)19-12(3)11(2)17/h5-8,11-12,15,17H,4,9H2,1-3H3. The van der Waals surface area contributed by atoms with Gasteiger partial charge in [-0.15, -0.1) is 0 Å². The Morgan fingerprint density at radius 3 is 2.37 bits per heavy atom. The lowest BCUT2D eigenvalue weighted by Gasteiger charge is -2.19. The van der Waals surface area contributed by atoms with Crippen molar-refractivity contribution >= 4 is 0 Å². The van der Waals surface area contributed by atoms with Crippen LogP contribution in [0, 0.1) is 11.3 Å². The molecule has 0 amide bonds. The molecule has 1 aromatic carbocycles. The second-order valence-corrected chi connectivity index (χ2v) is 4.51. The number of hydrogen-bond donors (Lipinski definition) is 1. The minimum atomic E-state index is -0.676. The van der Waals surface area contributed by atoms with Gasteiger partial charge in [0.25, 0.3) is 0 Å². The van der Waals surface area contributed by atoms with E-state index in [1.807, 2.05) is 31.2 Å². The van der Waals surface area contributed by atoms with Crippen LogP contribution in [-0.4, -0.2) is 23.9 Å². The van der Waals surface area contributed by atoms with Crippen LogP contribution in [0.2, 0.25) is 0 Å². The number of aliphatic hydroxyl groups excluding tert-OH is 1. The van der Waals surface area contributed by atoms with Crippen molar-refractivity contribution in [2.75, 3.05) is 6.61 Å². The lowest BCUT2D eigenvalue weighted by Crippen LogP contribution is -2.24. The predicted octanol–water partition coefficient (Wildman–Crippen LogP) is 2.83. The van der Waals surface area contributed by atoms with Gasteiger partial charge in [0.15, 0.2) is 6.10 Å². The molecule has 104 valence electrons. The molecule has 1 aromatic rings. The van der Waals surface area contributed by atoms with E-state index in [0.29, 0.717) is 6.61 Å². The van der Waals surface area contributed by atoms with Crippen molar-refractivity contribution in [1.29, 1.82) is 5.26 Å². The molecule has 3 unspecified atom stereocenters. The van der Waals surface area contributed by atoms with E-state index < -0.39 is 12.2 Å². The fraction of sp³-hybridized carbons (Fsp3) is 0.533. The molecule has 0 aliphatic carbocycles. The minimum absolute atomic E-state index is 0.388. The molecule has 4 heteroatoms. The molecule has 0 saturated carbocycles. The largest absolute Gasteiger partial charge is 0.494 e. The van der Waals surface area contributed by atoms with E-state index in [4.69, 9.17) is 14.7 Å². The maximum absolute atomic E-state index is 9.40. The third-order valence-electron chi connectivity index (χ3n) is 2.80. The van der Waals surface area contributed by atoms with Gasteiger partial charge in [0, 0.05) is 0 Å². The summed E-state index contributed by atoms with van der Waals surface area (Å²) in [6.45, 7) is 6.11. The number of hydrogen-bond acceptors (Lipinski definition) is 4. The van der Waals surface area contributed by atoms with Crippen LogP contribution in [-0.2, 0) is 4.74 Å². The van der Waals surface area contributed by atoms with Crippen molar-refractivity contribution in [3.05, 3.63) is 29.8 Å². The van der Waals surface area contributed by atoms with E-state index >= 15 is 0 Å². The summed E-state index contributed by atoms with van der Waals surface area (Å²) in [5, 5.41) is 18.5. The fourth-order valence-electron chi connectivity index (χ4n) is 1.47. The van der Waals surface area contributed by atoms with E-state index in [-0.39, 0.29) is 6.10 Å². The van der Waals surface area contributed by atoms with E-state index in [9.17, 15) is 5.11 Å². The number of ether oxygens (including phenoxy) is 2. The normalized spacial score (nSPS) is 15.3. The fourth-order valence-corrected chi connectivity index (χ4v) is 1.47. The average Bonchev–Trinajstić information content (AvgIpc) is 2.42. The third-order valence-corrected chi connectivity index (χ3v) is 2.80. The van der Waals surface area contributed by atoms with Gasteiger partial charge in [0.1, 0.15) is 5.75 Å². The summed E-state index contributed by atoms with van der Waals surface area (Å²) in [7, 11) is 0. The molecule has 3 atom stereocenters. The second kappa shape index (κ2) is 7.78. The molecule has 0 aliphatic rings. The van der Waals surface area contributed by atoms with Crippen LogP contribution in [0.5, 0.6) is 5.75 Å². The highest BCUT2D eigenvalue weighted by Crippen LogP contribution is 2.22. The molecule has 0 heterocycles. The van der Waals surface area contributed by atoms with Gasteiger partial charge in [-0.25, -0.2) is 0 Å². The Labute approximate surface area is 114 Å². The summed E-state index contributed by atoms with van der Waals surface area (Å²) >= 11 is 0. The minimum Gasteiger partial charge on any atom is -0.494 e. The van der Waals surface area contributed by atoms with Gasteiger partial charge in [-0.2, -0.15) is 5.26 Å². The number of benzene rings is 1. The quantitative estimate of drug-likeness (QED) is 0.821. The number of rotatable bonds is 7. The topological polar surface area (TPSA) is 62.5 Å². The van der Waals surface area contributed by atoms with Crippen molar-refractivity contribution in [3.8, 4) is 11.8 Å². The van der Waals surface area contributed by atoms with Crippen molar-refractivity contribution in [3.63, 3.8) is 0 Å².